The SMILES string of the molecule is Fc1cc(F)c2c(c1)sc1nnc(-c3ccccc3)n12. The van der Waals surface area contributed by atoms with Crippen molar-refractivity contribution in [1.82, 2.24) is 14.6 Å². The van der Waals surface area contributed by atoms with Crippen LogP contribution >= 0.6 is 11.3 Å². The predicted octanol–water partition coefficient (Wildman–Crippen LogP) is 3.89. The van der Waals surface area contributed by atoms with E-state index in [0.717, 1.165) is 11.6 Å². The molecule has 2 heterocycles. The third-order valence-corrected chi connectivity index (χ3v) is 4.06. The molecule has 4 aromatic rings. The Morgan fingerprint density at radius 2 is 1.80 bits per heavy atom. The van der Waals surface area contributed by atoms with E-state index in [0.29, 0.717) is 21.0 Å². The van der Waals surface area contributed by atoms with Gasteiger partial charge in [-0.3, -0.25) is 4.40 Å². The van der Waals surface area contributed by atoms with Crippen molar-refractivity contribution in [3.63, 3.8) is 0 Å². The maximum Gasteiger partial charge on any atom is 0.217 e. The first-order valence-corrected chi connectivity index (χ1v) is 6.74. The Morgan fingerprint density at radius 1 is 1.00 bits per heavy atom. The Kier molecular flexibility index (Phi) is 2.34. The van der Waals surface area contributed by atoms with Crippen molar-refractivity contribution in [3.8, 4) is 11.4 Å². The molecule has 0 N–H and O–H groups in total. The van der Waals surface area contributed by atoms with E-state index in [1.165, 1.54) is 17.4 Å². The molecule has 2 aromatic carbocycles. The zero-order chi connectivity index (χ0) is 13.7. The van der Waals surface area contributed by atoms with Gasteiger partial charge >= 0.3 is 0 Å². The van der Waals surface area contributed by atoms with Gasteiger partial charge in [0.2, 0.25) is 4.96 Å². The molecular weight excluding hydrogens is 280 g/mol. The number of fused-ring (bicyclic) bond motifs is 3. The smallest absolute Gasteiger partial charge is 0.217 e. The number of rotatable bonds is 1. The average Bonchev–Trinajstić information content (AvgIpc) is 2.97. The van der Waals surface area contributed by atoms with Crippen LogP contribution in [-0.4, -0.2) is 14.6 Å². The molecule has 0 unspecified atom stereocenters. The number of halogens is 2. The minimum absolute atomic E-state index is 0.315. The van der Waals surface area contributed by atoms with Crippen LogP contribution in [0.15, 0.2) is 42.5 Å². The lowest BCUT2D eigenvalue weighted by Crippen LogP contribution is -1.91. The Morgan fingerprint density at radius 3 is 2.60 bits per heavy atom. The monoisotopic (exact) mass is 287 g/mol. The normalized spacial score (nSPS) is 11.5. The standard InChI is InChI=1S/C14H7F2N3S/c15-9-6-10(16)12-11(7-9)20-14-18-17-13(19(12)14)8-4-2-1-3-5-8/h1-7H. The highest BCUT2D eigenvalue weighted by molar-refractivity contribution is 7.23. The van der Waals surface area contributed by atoms with E-state index in [2.05, 4.69) is 10.2 Å². The molecule has 0 bridgehead atoms. The highest BCUT2D eigenvalue weighted by Crippen LogP contribution is 2.32. The number of hydrogen-bond donors (Lipinski definition) is 0. The summed E-state index contributed by atoms with van der Waals surface area (Å²) in [7, 11) is 0. The van der Waals surface area contributed by atoms with Crippen molar-refractivity contribution in [2.24, 2.45) is 0 Å². The van der Waals surface area contributed by atoms with Gasteiger partial charge in [0.25, 0.3) is 0 Å². The van der Waals surface area contributed by atoms with Crippen LogP contribution in [0.3, 0.4) is 0 Å². The molecule has 0 aliphatic rings. The van der Waals surface area contributed by atoms with E-state index >= 15 is 0 Å². The number of benzene rings is 2. The first kappa shape index (κ1) is 11.5. The van der Waals surface area contributed by atoms with Crippen LogP contribution in [0.4, 0.5) is 8.78 Å². The van der Waals surface area contributed by atoms with E-state index in [1.807, 2.05) is 30.3 Å². The van der Waals surface area contributed by atoms with Crippen LogP contribution in [-0.2, 0) is 0 Å². The first-order chi connectivity index (χ1) is 9.74. The van der Waals surface area contributed by atoms with Crippen molar-refractivity contribution in [2.75, 3.05) is 0 Å². The first-order valence-electron chi connectivity index (χ1n) is 5.92. The van der Waals surface area contributed by atoms with E-state index in [4.69, 9.17) is 0 Å². The number of nitrogens with zero attached hydrogens (tertiary/aromatic N) is 3. The highest BCUT2D eigenvalue weighted by Gasteiger charge is 2.17. The molecule has 0 saturated heterocycles. The van der Waals surface area contributed by atoms with Gasteiger partial charge in [0.1, 0.15) is 11.3 Å². The molecule has 0 radical (unpaired) electrons. The van der Waals surface area contributed by atoms with Crippen molar-refractivity contribution in [2.45, 2.75) is 0 Å². The second kappa shape index (κ2) is 4.08. The number of aromatic nitrogens is 3. The largest absolute Gasteiger partial charge is 0.262 e. The van der Waals surface area contributed by atoms with E-state index in [-0.39, 0.29) is 0 Å². The van der Waals surface area contributed by atoms with Crippen LogP contribution in [0.2, 0.25) is 0 Å². The Balaban J connectivity index is 2.14. The zero-order valence-corrected chi connectivity index (χ0v) is 10.9. The summed E-state index contributed by atoms with van der Waals surface area (Å²) in [5, 5.41) is 8.15. The summed E-state index contributed by atoms with van der Waals surface area (Å²) < 4.78 is 29.5. The van der Waals surface area contributed by atoms with E-state index in [9.17, 15) is 8.78 Å². The lowest BCUT2D eigenvalue weighted by Gasteiger charge is -2.00. The van der Waals surface area contributed by atoms with Crippen LogP contribution in [0, 0.1) is 11.6 Å². The minimum atomic E-state index is -0.608. The topological polar surface area (TPSA) is 30.2 Å². The number of thiazole rings is 1. The summed E-state index contributed by atoms with van der Waals surface area (Å²) in [6.45, 7) is 0. The van der Waals surface area contributed by atoms with Gasteiger partial charge in [-0.1, -0.05) is 41.7 Å². The molecule has 0 spiro atoms. The molecule has 0 amide bonds. The summed E-state index contributed by atoms with van der Waals surface area (Å²) in [6.07, 6.45) is 0. The minimum Gasteiger partial charge on any atom is -0.262 e. The molecule has 98 valence electrons. The van der Waals surface area contributed by atoms with Crippen molar-refractivity contribution < 1.29 is 8.78 Å². The second-order valence-electron chi connectivity index (χ2n) is 4.34. The Bertz CT molecular complexity index is 928. The molecule has 4 rings (SSSR count). The maximum absolute atomic E-state index is 14.1. The van der Waals surface area contributed by atoms with Crippen molar-refractivity contribution in [3.05, 3.63) is 54.1 Å². The third kappa shape index (κ3) is 1.55. The maximum atomic E-state index is 14.1. The van der Waals surface area contributed by atoms with Crippen LogP contribution in [0.1, 0.15) is 0 Å². The summed E-state index contributed by atoms with van der Waals surface area (Å²) in [5.41, 5.74) is 1.15. The van der Waals surface area contributed by atoms with Gasteiger partial charge in [0.15, 0.2) is 11.6 Å². The van der Waals surface area contributed by atoms with Crippen LogP contribution in [0.5, 0.6) is 0 Å². The lowest BCUT2D eigenvalue weighted by atomic mass is 10.2. The molecule has 20 heavy (non-hydrogen) atoms. The molecular formula is C14H7F2N3S. The predicted molar refractivity (Wildman–Crippen MR) is 73.7 cm³/mol. The molecule has 0 fully saturated rings. The highest BCUT2D eigenvalue weighted by atomic mass is 32.1. The fourth-order valence-electron chi connectivity index (χ4n) is 2.25. The fourth-order valence-corrected chi connectivity index (χ4v) is 3.25. The number of hydrogen-bond acceptors (Lipinski definition) is 3. The molecule has 6 heteroatoms. The molecule has 2 aromatic heterocycles. The van der Waals surface area contributed by atoms with Crippen molar-refractivity contribution in [1.29, 1.82) is 0 Å². The van der Waals surface area contributed by atoms with Gasteiger partial charge < -0.3 is 0 Å². The summed E-state index contributed by atoms with van der Waals surface area (Å²) in [6, 6.07) is 11.6. The van der Waals surface area contributed by atoms with Gasteiger partial charge in [-0.2, -0.15) is 0 Å². The molecule has 0 saturated carbocycles. The van der Waals surface area contributed by atoms with Gasteiger partial charge in [0.05, 0.1) is 4.70 Å². The summed E-state index contributed by atoms with van der Waals surface area (Å²) in [4.78, 5) is 0.545. The Labute approximate surface area is 116 Å². The third-order valence-electron chi connectivity index (χ3n) is 3.08. The summed E-state index contributed by atoms with van der Waals surface area (Å²) >= 11 is 1.21. The molecule has 0 aliphatic carbocycles. The molecule has 0 aliphatic heterocycles. The van der Waals surface area contributed by atoms with Crippen molar-refractivity contribution >= 4 is 26.5 Å². The summed E-state index contributed by atoms with van der Waals surface area (Å²) in [5.74, 6) is -0.644. The Hall–Kier alpha value is -2.34. The average molecular weight is 287 g/mol. The zero-order valence-electron chi connectivity index (χ0n) is 10.0. The molecule has 3 nitrogen and oxygen atoms in total. The van der Waals surface area contributed by atoms with Gasteiger partial charge in [-0.15, -0.1) is 10.2 Å². The van der Waals surface area contributed by atoms with Crippen LogP contribution in [0.25, 0.3) is 26.6 Å². The van der Waals surface area contributed by atoms with Crippen LogP contribution < -0.4 is 0 Å². The molecule has 0 atom stereocenters. The van der Waals surface area contributed by atoms with E-state index < -0.39 is 11.6 Å². The van der Waals surface area contributed by atoms with Gasteiger partial charge in [-0.05, 0) is 6.07 Å². The second-order valence-corrected chi connectivity index (χ2v) is 5.35. The lowest BCUT2D eigenvalue weighted by molar-refractivity contribution is 0.590. The van der Waals surface area contributed by atoms with Gasteiger partial charge in [-0.25, -0.2) is 8.78 Å². The quantitative estimate of drug-likeness (QED) is 0.531. The van der Waals surface area contributed by atoms with E-state index in [1.54, 1.807) is 4.40 Å². The van der Waals surface area contributed by atoms with Gasteiger partial charge in [0, 0.05) is 11.6 Å². The fraction of sp³-hybridized carbons (Fsp3) is 0.